The molecule has 0 radical (unpaired) electrons. The van der Waals surface area contributed by atoms with Crippen LogP contribution in [0, 0.1) is 0 Å². The topological polar surface area (TPSA) is 46.2 Å². The number of unbranched alkanes of at least 4 members (excludes halogenated alkanes) is 1. The third-order valence-corrected chi connectivity index (χ3v) is 1.42. The molecule has 0 aromatic heterocycles. The Labute approximate surface area is 62.7 Å². The van der Waals surface area contributed by atoms with Crippen LogP contribution in [0.3, 0.4) is 0 Å². The van der Waals surface area contributed by atoms with Crippen LogP contribution in [0.5, 0.6) is 0 Å². The molecule has 0 rings (SSSR count). The maximum Gasteiger partial charge on any atom is 0.0662 e. The van der Waals surface area contributed by atoms with Gasteiger partial charge in [-0.25, -0.2) is 0 Å². The highest BCUT2D eigenvalue weighted by molar-refractivity contribution is 4.76. The van der Waals surface area contributed by atoms with E-state index in [0.717, 1.165) is 19.3 Å². The van der Waals surface area contributed by atoms with Gasteiger partial charge in [0.15, 0.2) is 0 Å². The molecule has 60 valence electrons. The first-order valence-electron chi connectivity index (χ1n) is 3.80. The number of aliphatic hydroxyl groups is 1. The molecule has 10 heavy (non-hydrogen) atoms. The van der Waals surface area contributed by atoms with Gasteiger partial charge in [-0.15, -0.1) is 0 Å². The van der Waals surface area contributed by atoms with Crippen molar-refractivity contribution in [3.63, 3.8) is 0 Å². The number of nitrogens with two attached hydrogens (primary N) is 1. The van der Waals surface area contributed by atoms with Crippen LogP contribution in [0.4, 0.5) is 0 Å². The van der Waals surface area contributed by atoms with Crippen LogP contribution in [0.2, 0.25) is 0 Å². The maximum absolute atomic E-state index is 9.01. The molecule has 0 aliphatic heterocycles. The Hall–Kier alpha value is -0.340. The Kier molecular flexibility index (Phi) is 6.55. The van der Waals surface area contributed by atoms with Crippen LogP contribution in [-0.4, -0.2) is 17.8 Å². The van der Waals surface area contributed by atoms with Crippen LogP contribution < -0.4 is 5.73 Å². The Balaban J connectivity index is 3.03. The van der Waals surface area contributed by atoms with Crippen molar-refractivity contribution in [2.45, 2.75) is 32.3 Å². The molecule has 3 N–H and O–H groups in total. The Bertz CT molecular complexity index is 91.3. The van der Waals surface area contributed by atoms with Crippen molar-refractivity contribution in [1.29, 1.82) is 0 Å². The lowest BCUT2D eigenvalue weighted by molar-refractivity contribution is 0.170. The molecular weight excluding hydrogens is 126 g/mol. The van der Waals surface area contributed by atoms with E-state index in [-0.39, 0.29) is 6.10 Å². The molecule has 2 nitrogen and oxygen atoms in total. The van der Waals surface area contributed by atoms with Gasteiger partial charge in [0, 0.05) is 6.54 Å². The predicted molar refractivity (Wildman–Crippen MR) is 43.7 cm³/mol. The Morgan fingerprint density at radius 3 is 2.80 bits per heavy atom. The summed E-state index contributed by atoms with van der Waals surface area (Å²) in [7, 11) is 0. The van der Waals surface area contributed by atoms with Gasteiger partial charge in [0.25, 0.3) is 0 Å². The van der Waals surface area contributed by atoms with Crippen molar-refractivity contribution in [3.8, 4) is 0 Å². The number of hydrogen-bond acceptors (Lipinski definition) is 2. The van der Waals surface area contributed by atoms with Gasteiger partial charge >= 0.3 is 0 Å². The summed E-state index contributed by atoms with van der Waals surface area (Å²) in [5.74, 6) is 0. The lowest BCUT2D eigenvalue weighted by atomic mass is 10.1. The quantitative estimate of drug-likeness (QED) is 0.446. The van der Waals surface area contributed by atoms with E-state index in [4.69, 9.17) is 10.8 Å². The molecule has 0 amide bonds. The molecule has 0 aliphatic rings. The van der Waals surface area contributed by atoms with Crippen LogP contribution in [0.15, 0.2) is 12.2 Å². The maximum atomic E-state index is 9.01. The molecule has 0 heterocycles. The second-order valence-electron chi connectivity index (χ2n) is 2.39. The van der Waals surface area contributed by atoms with Crippen LogP contribution >= 0.6 is 0 Å². The summed E-state index contributed by atoms with van der Waals surface area (Å²) in [5.41, 5.74) is 5.22. The fourth-order valence-corrected chi connectivity index (χ4v) is 0.756. The highest BCUT2D eigenvalue weighted by Crippen LogP contribution is 1.99. The lowest BCUT2D eigenvalue weighted by Gasteiger charge is -2.04. The first-order chi connectivity index (χ1) is 4.81. The molecule has 1 atom stereocenters. The van der Waals surface area contributed by atoms with Gasteiger partial charge in [0.1, 0.15) is 0 Å². The number of hydrogen-bond donors (Lipinski definition) is 2. The largest absolute Gasteiger partial charge is 0.392 e. The molecule has 0 fully saturated rings. The van der Waals surface area contributed by atoms with E-state index in [1.807, 2.05) is 13.0 Å². The molecule has 0 saturated carbocycles. The van der Waals surface area contributed by atoms with Gasteiger partial charge in [-0.3, -0.25) is 0 Å². The number of allylic oxidation sites excluding steroid dienone is 2. The lowest BCUT2D eigenvalue weighted by Crippen LogP contribution is -2.18. The SMILES string of the molecule is C/C=C/CCCC(O)CN. The van der Waals surface area contributed by atoms with E-state index in [1.165, 1.54) is 0 Å². The fraction of sp³-hybridized carbons (Fsp3) is 0.750. The summed E-state index contributed by atoms with van der Waals surface area (Å²) in [6.45, 7) is 2.38. The van der Waals surface area contributed by atoms with Crippen molar-refractivity contribution < 1.29 is 5.11 Å². The smallest absolute Gasteiger partial charge is 0.0662 e. The first kappa shape index (κ1) is 9.66. The summed E-state index contributed by atoms with van der Waals surface area (Å²) in [4.78, 5) is 0. The number of aliphatic hydroxyl groups excluding tert-OH is 1. The van der Waals surface area contributed by atoms with Gasteiger partial charge in [-0.05, 0) is 26.2 Å². The minimum atomic E-state index is -0.301. The third kappa shape index (κ3) is 5.79. The van der Waals surface area contributed by atoms with Crippen molar-refractivity contribution in [2.24, 2.45) is 5.73 Å². The van der Waals surface area contributed by atoms with E-state index in [0.29, 0.717) is 6.54 Å². The van der Waals surface area contributed by atoms with Gasteiger partial charge in [0.2, 0.25) is 0 Å². The van der Waals surface area contributed by atoms with E-state index in [2.05, 4.69) is 6.08 Å². The summed E-state index contributed by atoms with van der Waals surface area (Å²) in [6.07, 6.45) is 6.72. The predicted octanol–water partition coefficient (Wildman–Crippen LogP) is 1.05. The zero-order valence-corrected chi connectivity index (χ0v) is 6.59. The van der Waals surface area contributed by atoms with E-state index >= 15 is 0 Å². The molecule has 0 aliphatic carbocycles. The molecule has 0 spiro atoms. The third-order valence-electron chi connectivity index (χ3n) is 1.42. The Morgan fingerprint density at radius 1 is 1.60 bits per heavy atom. The summed E-state index contributed by atoms with van der Waals surface area (Å²) >= 11 is 0. The highest BCUT2D eigenvalue weighted by Gasteiger charge is 1.97. The van der Waals surface area contributed by atoms with Crippen molar-refractivity contribution in [1.82, 2.24) is 0 Å². The van der Waals surface area contributed by atoms with Crippen molar-refractivity contribution in [3.05, 3.63) is 12.2 Å². The average molecular weight is 143 g/mol. The van der Waals surface area contributed by atoms with E-state index in [9.17, 15) is 0 Å². The van der Waals surface area contributed by atoms with Gasteiger partial charge in [-0.2, -0.15) is 0 Å². The second-order valence-corrected chi connectivity index (χ2v) is 2.39. The zero-order valence-electron chi connectivity index (χ0n) is 6.59. The normalized spacial score (nSPS) is 14.3. The molecule has 1 unspecified atom stereocenters. The molecule has 0 aromatic rings. The van der Waals surface area contributed by atoms with Gasteiger partial charge in [-0.1, -0.05) is 12.2 Å². The molecule has 2 heteroatoms. The summed E-state index contributed by atoms with van der Waals surface area (Å²) in [5, 5.41) is 9.01. The van der Waals surface area contributed by atoms with Gasteiger partial charge < -0.3 is 10.8 Å². The second kappa shape index (κ2) is 6.78. The molecule has 0 bridgehead atoms. The minimum absolute atomic E-state index is 0.301. The summed E-state index contributed by atoms with van der Waals surface area (Å²) in [6, 6.07) is 0. The summed E-state index contributed by atoms with van der Waals surface area (Å²) < 4.78 is 0. The highest BCUT2D eigenvalue weighted by atomic mass is 16.3. The zero-order chi connectivity index (χ0) is 7.82. The van der Waals surface area contributed by atoms with Crippen molar-refractivity contribution >= 4 is 0 Å². The molecular formula is C8H17NO. The van der Waals surface area contributed by atoms with Crippen LogP contribution in [0.1, 0.15) is 26.2 Å². The van der Waals surface area contributed by atoms with Crippen LogP contribution in [0.25, 0.3) is 0 Å². The Morgan fingerprint density at radius 2 is 2.30 bits per heavy atom. The van der Waals surface area contributed by atoms with E-state index < -0.39 is 0 Å². The monoisotopic (exact) mass is 143 g/mol. The molecule has 0 aromatic carbocycles. The van der Waals surface area contributed by atoms with E-state index in [1.54, 1.807) is 0 Å². The number of rotatable bonds is 5. The van der Waals surface area contributed by atoms with Crippen LogP contribution in [-0.2, 0) is 0 Å². The molecule has 0 saturated heterocycles. The first-order valence-corrected chi connectivity index (χ1v) is 3.80. The standard InChI is InChI=1S/C8H17NO/c1-2-3-4-5-6-8(10)7-9/h2-3,8,10H,4-7,9H2,1H3/b3-2+. The van der Waals surface area contributed by atoms with Gasteiger partial charge in [0.05, 0.1) is 6.10 Å². The fourth-order valence-electron chi connectivity index (χ4n) is 0.756. The van der Waals surface area contributed by atoms with Crippen molar-refractivity contribution in [2.75, 3.05) is 6.54 Å². The average Bonchev–Trinajstić information content (AvgIpc) is 1.98. The minimum Gasteiger partial charge on any atom is -0.392 e.